The van der Waals surface area contributed by atoms with Gasteiger partial charge in [0.15, 0.2) is 0 Å². The summed E-state index contributed by atoms with van der Waals surface area (Å²) in [6, 6.07) is 18.1. The minimum atomic E-state index is -0.732. The molecular weight excluding hydrogens is 458 g/mol. The highest BCUT2D eigenvalue weighted by Gasteiger charge is 2.47. The molecule has 6 nitrogen and oxygen atoms in total. The summed E-state index contributed by atoms with van der Waals surface area (Å²) in [5.74, 6) is -0.329. The maximum absolute atomic E-state index is 13.4. The van der Waals surface area contributed by atoms with E-state index < -0.39 is 12.1 Å². The number of carbonyl (C=O) groups excluding carboxylic acids is 3. The first-order valence-electron chi connectivity index (χ1n) is 11.9. The highest BCUT2D eigenvalue weighted by atomic mass is 32.1. The molecule has 1 N–H and O–H groups in total. The third kappa shape index (κ3) is 5.15. The minimum absolute atomic E-state index is 0.212. The second-order valence-corrected chi connectivity index (χ2v) is 10.4. The Hall–Kier alpha value is -3.45. The van der Waals surface area contributed by atoms with Crippen LogP contribution >= 0.6 is 11.3 Å². The largest absolute Gasteiger partial charge is 0.328 e. The lowest BCUT2D eigenvalue weighted by molar-refractivity contribution is -0.131. The quantitative estimate of drug-likeness (QED) is 0.387. The Morgan fingerprint density at radius 2 is 1.57 bits per heavy atom. The van der Waals surface area contributed by atoms with Crippen molar-refractivity contribution in [2.24, 2.45) is 0 Å². The molecule has 7 heteroatoms. The number of amides is 4. The van der Waals surface area contributed by atoms with Crippen molar-refractivity contribution in [3.8, 4) is 0 Å². The Balaban J connectivity index is 1.59. The topological polar surface area (TPSA) is 69.7 Å². The molecule has 1 aliphatic rings. The van der Waals surface area contributed by atoms with Crippen molar-refractivity contribution in [1.29, 1.82) is 0 Å². The van der Waals surface area contributed by atoms with Gasteiger partial charge in [0, 0.05) is 17.1 Å². The van der Waals surface area contributed by atoms with Crippen LogP contribution in [0.4, 0.5) is 10.5 Å². The number of nitrogens with zero attached hydrogens (tertiary/aromatic N) is 2. The Kier molecular flexibility index (Phi) is 7.36. The fraction of sp³-hybridized carbons (Fsp3) is 0.321. The lowest BCUT2D eigenvalue weighted by Gasteiger charge is -2.22. The van der Waals surface area contributed by atoms with Crippen LogP contribution in [0, 0.1) is 0 Å². The lowest BCUT2D eigenvalue weighted by atomic mass is 9.92. The maximum atomic E-state index is 13.4. The number of urea groups is 1. The van der Waals surface area contributed by atoms with E-state index in [9.17, 15) is 14.4 Å². The summed E-state index contributed by atoms with van der Waals surface area (Å²) in [7, 11) is 0. The predicted octanol–water partition coefficient (Wildman–Crippen LogP) is 6.14. The van der Waals surface area contributed by atoms with Gasteiger partial charge in [-0.2, -0.15) is 0 Å². The molecule has 182 valence electrons. The molecule has 1 aliphatic heterocycles. The number of hydrogen-bond donors (Lipinski definition) is 1. The summed E-state index contributed by atoms with van der Waals surface area (Å²) < 4.78 is 0. The number of imide groups is 1. The van der Waals surface area contributed by atoms with Gasteiger partial charge in [0.25, 0.3) is 5.91 Å². The van der Waals surface area contributed by atoms with E-state index in [0.717, 1.165) is 32.2 Å². The number of carbonyl (C=O) groups is 3. The summed E-state index contributed by atoms with van der Waals surface area (Å²) in [6.07, 6.45) is 0. The Morgan fingerprint density at radius 1 is 0.914 bits per heavy atom. The van der Waals surface area contributed by atoms with E-state index in [1.807, 2.05) is 66.0 Å². The highest BCUT2D eigenvalue weighted by molar-refractivity contribution is 7.10. The van der Waals surface area contributed by atoms with Gasteiger partial charge >= 0.3 is 6.03 Å². The molecule has 0 radical (unpaired) electrons. The van der Waals surface area contributed by atoms with Crippen molar-refractivity contribution < 1.29 is 14.4 Å². The summed E-state index contributed by atoms with van der Waals surface area (Å²) in [4.78, 5) is 43.5. The number of para-hydroxylation sites is 1. The lowest BCUT2D eigenvalue weighted by Crippen LogP contribution is -2.39. The molecule has 4 amide bonds. The van der Waals surface area contributed by atoms with Crippen molar-refractivity contribution in [2.45, 2.75) is 52.1 Å². The molecule has 1 atom stereocenters. The standard InChI is InChI=1S/C28H31N3O3S/c1-18(2)21-12-8-13-22(19(3)4)25(21)29-24(32)17-31-27(33)26(23-14-9-15-35-23)30(28(31)34)16-20-10-6-5-7-11-20/h5-15,18-19,26H,16-17H2,1-4H3,(H,29,32)/t26-/m1/s1. The first kappa shape index (κ1) is 24.7. The van der Waals surface area contributed by atoms with Crippen LogP contribution in [-0.4, -0.2) is 34.2 Å². The Morgan fingerprint density at radius 3 is 2.14 bits per heavy atom. The van der Waals surface area contributed by atoms with Gasteiger partial charge in [-0.3, -0.25) is 14.5 Å². The van der Waals surface area contributed by atoms with Crippen molar-refractivity contribution in [2.75, 3.05) is 11.9 Å². The van der Waals surface area contributed by atoms with Gasteiger partial charge < -0.3 is 10.2 Å². The molecule has 35 heavy (non-hydrogen) atoms. The van der Waals surface area contributed by atoms with Gasteiger partial charge in [-0.05, 0) is 40.0 Å². The normalized spacial score (nSPS) is 16.0. The second kappa shape index (κ2) is 10.4. The molecule has 0 aliphatic carbocycles. The van der Waals surface area contributed by atoms with Crippen molar-refractivity contribution in [3.63, 3.8) is 0 Å². The Bertz CT molecular complexity index is 1180. The molecular formula is C28H31N3O3S. The second-order valence-electron chi connectivity index (χ2n) is 9.41. The fourth-order valence-corrected chi connectivity index (χ4v) is 5.29. The summed E-state index contributed by atoms with van der Waals surface area (Å²) in [6.45, 7) is 8.28. The van der Waals surface area contributed by atoms with Gasteiger partial charge in [-0.15, -0.1) is 11.3 Å². The molecule has 0 unspecified atom stereocenters. The molecule has 1 fully saturated rings. The number of anilines is 1. The van der Waals surface area contributed by atoms with E-state index in [4.69, 9.17) is 0 Å². The number of benzene rings is 2. The summed E-state index contributed by atoms with van der Waals surface area (Å²) >= 11 is 1.43. The minimum Gasteiger partial charge on any atom is -0.324 e. The van der Waals surface area contributed by atoms with Crippen LogP contribution in [0.5, 0.6) is 0 Å². The maximum Gasteiger partial charge on any atom is 0.328 e. The number of nitrogens with one attached hydrogen (secondary N) is 1. The van der Waals surface area contributed by atoms with Gasteiger partial charge in [0.1, 0.15) is 12.6 Å². The zero-order chi connectivity index (χ0) is 25.1. The average Bonchev–Trinajstić information content (AvgIpc) is 3.43. The van der Waals surface area contributed by atoms with Crippen LogP contribution in [0.3, 0.4) is 0 Å². The number of thiophene rings is 1. The zero-order valence-electron chi connectivity index (χ0n) is 20.5. The van der Waals surface area contributed by atoms with Gasteiger partial charge in [-0.25, -0.2) is 4.79 Å². The molecule has 0 bridgehead atoms. The molecule has 1 saturated heterocycles. The van der Waals surface area contributed by atoms with Crippen LogP contribution in [0.2, 0.25) is 0 Å². The van der Waals surface area contributed by atoms with Gasteiger partial charge in [0.05, 0.1) is 0 Å². The van der Waals surface area contributed by atoms with Crippen molar-refractivity contribution in [3.05, 3.63) is 87.6 Å². The van der Waals surface area contributed by atoms with E-state index in [2.05, 4.69) is 33.0 Å². The third-order valence-corrected chi connectivity index (χ3v) is 7.16. The van der Waals surface area contributed by atoms with Crippen LogP contribution in [0.25, 0.3) is 0 Å². The SMILES string of the molecule is CC(C)c1cccc(C(C)C)c1NC(=O)CN1C(=O)[C@@H](c2cccs2)N(Cc2ccccc2)C1=O. The molecule has 2 aromatic carbocycles. The molecule has 4 rings (SSSR count). The first-order chi connectivity index (χ1) is 16.8. The predicted molar refractivity (Wildman–Crippen MR) is 139 cm³/mol. The van der Waals surface area contributed by atoms with E-state index in [-0.39, 0.29) is 30.2 Å². The molecule has 2 heterocycles. The van der Waals surface area contributed by atoms with E-state index in [1.54, 1.807) is 4.90 Å². The van der Waals surface area contributed by atoms with E-state index in [1.165, 1.54) is 11.3 Å². The van der Waals surface area contributed by atoms with E-state index in [0.29, 0.717) is 6.54 Å². The molecule has 1 aromatic heterocycles. The third-order valence-electron chi connectivity index (χ3n) is 6.24. The van der Waals surface area contributed by atoms with Crippen LogP contribution in [-0.2, 0) is 16.1 Å². The smallest absolute Gasteiger partial charge is 0.324 e. The Labute approximate surface area is 210 Å². The first-order valence-corrected chi connectivity index (χ1v) is 12.8. The number of hydrogen-bond acceptors (Lipinski definition) is 4. The van der Waals surface area contributed by atoms with Crippen molar-refractivity contribution in [1.82, 2.24) is 9.80 Å². The van der Waals surface area contributed by atoms with Crippen LogP contribution in [0.15, 0.2) is 66.0 Å². The van der Waals surface area contributed by atoms with Gasteiger partial charge in [0.2, 0.25) is 5.91 Å². The van der Waals surface area contributed by atoms with Crippen molar-refractivity contribution >= 4 is 34.9 Å². The van der Waals surface area contributed by atoms with Crippen LogP contribution < -0.4 is 5.32 Å². The number of rotatable bonds is 8. The average molecular weight is 490 g/mol. The summed E-state index contributed by atoms with van der Waals surface area (Å²) in [5, 5.41) is 4.91. The fourth-order valence-electron chi connectivity index (χ4n) is 4.47. The zero-order valence-corrected chi connectivity index (χ0v) is 21.3. The highest BCUT2D eigenvalue weighted by Crippen LogP contribution is 2.36. The molecule has 3 aromatic rings. The molecule has 0 saturated carbocycles. The van der Waals surface area contributed by atoms with E-state index >= 15 is 0 Å². The monoisotopic (exact) mass is 489 g/mol. The van der Waals surface area contributed by atoms with Crippen LogP contribution in [0.1, 0.15) is 67.1 Å². The van der Waals surface area contributed by atoms with Gasteiger partial charge in [-0.1, -0.05) is 82.3 Å². The molecule has 0 spiro atoms. The summed E-state index contributed by atoms with van der Waals surface area (Å²) in [5.41, 5.74) is 3.77.